The predicted octanol–water partition coefficient (Wildman–Crippen LogP) is 3.29. The van der Waals surface area contributed by atoms with E-state index in [0.29, 0.717) is 15.2 Å². The molecule has 1 saturated carbocycles. The lowest BCUT2D eigenvalue weighted by Gasteiger charge is -2.32. The molecule has 0 spiro atoms. The molecule has 116 valence electrons. The lowest BCUT2D eigenvalue weighted by molar-refractivity contribution is -0.124. The normalized spacial score (nSPS) is 17.3. The predicted molar refractivity (Wildman–Crippen MR) is 85.7 cm³/mol. The van der Waals surface area contributed by atoms with Crippen LogP contribution < -0.4 is 10.1 Å². The lowest BCUT2D eigenvalue weighted by Crippen LogP contribution is -2.45. The van der Waals surface area contributed by atoms with Crippen molar-refractivity contribution in [3.8, 4) is 5.75 Å². The summed E-state index contributed by atoms with van der Waals surface area (Å²) in [5.41, 5.74) is -0.755. The van der Waals surface area contributed by atoms with Crippen molar-refractivity contribution >= 4 is 33.4 Å². The van der Waals surface area contributed by atoms with E-state index >= 15 is 0 Å². The van der Waals surface area contributed by atoms with Crippen molar-refractivity contribution in [2.75, 3.05) is 13.2 Å². The van der Waals surface area contributed by atoms with Crippen LogP contribution in [0.3, 0.4) is 0 Å². The quantitative estimate of drug-likeness (QED) is 0.829. The van der Waals surface area contributed by atoms with E-state index in [9.17, 15) is 9.90 Å². The number of amides is 1. The van der Waals surface area contributed by atoms with Crippen molar-refractivity contribution in [1.29, 1.82) is 0 Å². The summed E-state index contributed by atoms with van der Waals surface area (Å²) in [5, 5.41) is 13.6. The summed E-state index contributed by atoms with van der Waals surface area (Å²) in [4.78, 5) is 11.8. The molecule has 0 atom stereocenters. The standard InChI is InChI=1S/C15H19BrClNO3/c16-12-8-11(17)4-5-13(12)21-9-14(19)18-10-15(20)6-2-1-3-7-15/h4-5,8,20H,1-3,6-7,9-10H2,(H,18,19). The maximum Gasteiger partial charge on any atom is 0.258 e. The van der Waals surface area contributed by atoms with Gasteiger partial charge in [0.25, 0.3) is 5.91 Å². The number of ether oxygens (including phenoxy) is 1. The molecular weight excluding hydrogens is 358 g/mol. The first kappa shape index (κ1) is 16.6. The fourth-order valence-electron chi connectivity index (χ4n) is 2.44. The van der Waals surface area contributed by atoms with Gasteiger partial charge in [0.05, 0.1) is 10.1 Å². The molecule has 1 aromatic rings. The molecule has 0 saturated heterocycles. The monoisotopic (exact) mass is 375 g/mol. The third kappa shape index (κ3) is 5.16. The molecule has 0 unspecified atom stereocenters. The van der Waals surface area contributed by atoms with E-state index in [-0.39, 0.29) is 19.1 Å². The molecule has 1 aromatic carbocycles. The molecule has 6 heteroatoms. The highest BCUT2D eigenvalue weighted by atomic mass is 79.9. The van der Waals surface area contributed by atoms with Gasteiger partial charge in [0.2, 0.25) is 0 Å². The zero-order valence-corrected chi connectivity index (χ0v) is 14.0. The molecule has 2 N–H and O–H groups in total. The molecule has 0 radical (unpaired) electrons. The van der Waals surface area contributed by atoms with Gasteiger partial charge in [0.1, 0.15) is 5.75 Å². The number of benzene rings is 1. The summed E-state index contributed by atoms with van der Waals surface area (Å²) in [6, 6.07) is 5.11. The minimum atomic E-state index is -0.755. The highest BCUT2D eigenvalue weighted by Gasteiger charge is 2.29. The van der Waals surface area contributed by atoms with Crippen molar-refractivity contribution in [1.82, 2.24) is 5.32 Å². The molecule has 2 rings (SSSR count). The van der Waals surface area contributed by atoms with Crippen LogP contribution in [0.1, 0.15) is 32.1 Å². The van der Waals surface area contributed by atoms with E-state index in [4.69, 9.17) is 16.3 Å². The molecular formula is C15H19BrClNO3. The third-order valence-corrected chi connectivity index (χ3v) is 4.51. The molecule has 0 aliphatic heterocycles. The summed E-state index contributed by atoms with van der Waals surface area (Å²) in [7, 11) is 0. The maximum atomic E-state index is 11.8. The number of carbonyl (C=O) groups excluding carboxylic acids is 1. The van der Waals surface area contributed by atoms with Crippen LogP contribution in [0.2, 0.25) is 5.02 Å². The number of aliphatic hydroxyl groups is 1. The Kier molecular flexibility index (Phi) is 5.90. The van der Waals surface area contributed by atoms with Gasteiger partial charge < -0.3 is 15.2 Å². The number of hydrogen-bond acceptors (Lipinski definition) is 3. The molecule has 1 amide bonds. The van der Waals surface area contributed by atoms with Crippen LogP contribution in [0.15, 0.2) is 22.7 Å². The van der Waals surface area contributed by atoms with Crippen molar-refractivity contribution in [2.24, 2.45) is 0 Å². The molecule has 0 bridgehead atoms. The first-order valence-corrected chi connectivity index (χ1v) is 8.23. The van der Waals surface area contributed by atoms with Gasteiger partial charge in [0, 0.05) is 11.6 Å². The number of nitrogens with one attached hydrogen (secondary N) is 1. The fourth-order valence-corrected chi connectivity index (χ4v) is 3.23. The van der Waals surface area contributed by atoms with E-state index in [1.54, 1.807) is 18.2 Å². The molecule has 0 aromatic heterocycles. The van der Waals surface area contributed by atoms with Gasteiger partial charge in [0.15, 0.2) is 6.61 Å². The van der Waals surface area contributed by atoms with E-state index in [0.717, 1.165) is 32.1 Å². The van der Waals surface area contributed by atoms with Gasteiger partial charge in [-0.15, -0.1) is 0 Å². The first-order chi connectivity index (χ1) is 9.98. The topological polar surface area (TPSA) is 58.6 Å². The molecule has 4 nitrogen and oxygen atoms in total. The molecule has 1 aliphatic carbocycles. The van der Waals surface area contributed by atoms with Crippen LogP contribution >= 0.6 is 27.5 Å². The van der Waals surface area contributed by atoms with E-state index in [1.807, 2.05) is 0 Å². The van der Waals surface area contributed by atoms with E-state index < -0.39 is 5.60 Å². The number of halogens is 2. The Bertz CT molecular complexity index is 504. The van der Waals surface area contributed by atoms with Gasteiger partial charge in [-0.05, 0) is 47.0 Å². The summed E-state index contributed by atoms with van der Waals surface area (Å²) < 4.78 is 6.13. The summed E-state index contributed by atoms with van der Waals surface area (Å²) >= 11 is 9.16. The average molecular weight is 377 g/mol. The molecule has 21 heavy (non-hydrogen) atoms. The van der Waals surface area contributed by atoms with Crippen LogP contribution in [0, 0.1) is 0 Å². The largest absolute Gasteiger partial charge is 0.483 e. The van der Waals surface area contributed by atoms with Crippen LogP contribution in [0.5, 0.6) is 5.75 Å². The minimum absolute atomic E-state index is 0.0870. The van der Waals surface area contributed by atoms with Crippen molar-refractivity contribution in [3.63, 3.8) is 0 Å². The average Bonchev–Trinajstić information content (AvgIpc) is 2.45. The fraction of sp³-hybridized carbons (Fsp3) is 0.533. The summed E-state index contributed by atoms with van der Waals surface area (Å²) in [6.45, 7) is 0.202. The Balaban J connectivity index is 1.77. The minimum Gasteiger partial charge on any atom is -0.483 e. The smallest absolute Gasteiger partial charge is 0.258 e. The molecule has 1 fully saturated rings. The Morgan fingerprint density at radius 3 is 2.76 bits per heavy atom. The van der Waals surface area contributed by atoms with Crippen LogP contribution in [0.25, 0.3) is 0 Å². The number of carbonyl (C=O) groups is 1. The number of rotatable bonds is 5. The Hall–Kier alpha value is -0.780. The van der Waals surface area contributed by atoms with E-state index in [2.05, 4.69) is 21.2 Å². The van der Waals surface area contributed by atoms with Crippen molar-refractivity contribution < 1.29 is 14.6 Å². The summed E-state index contributed by atoms with van der Waals surface area (Å²) in [6.07, 6.45) is 4.68. The Labute approximate surface area is 138 Å². The molecule has 1 aliphatic rings. The van der Waals surface area contributed by atoms with Crippen molar-refractivity contribution in [2.45, 2.75) is 37.7 Å². The second kappa shape index (κ2) is 7.47. The van der Waals surface area contributed by atoms with Crippen LogP contribution in [0.4, 0.5) is 0 Å². The van der Waals surface area contributed by atoms with Gasteiger partial charge in [-0.25, -0.2) is 0 Å². The Morgan fingerprint density at radius 2 is 2.10 bits per heavy atom. The molecule has 0 heterocycles. The lowest BCUT2D eigenvalue weighted by atomic mass is 9.85. The third-order valence-electron chi connectivity index (χ3n) is 3.65. The Morgan fingerprint density at radius 1 is 1.38 bits per heavy atom. The van der Waals surface area contributed by atoms with E-state index in [1.165, 1.54) is 0 Å². The van der Waals surface area contributed by atoms with Crippen LogP contribution in [-0.4, -0.2) is 29.8 Å². The first-order valence-electron chi connectivity index (χ1n) is 7.05. The SMILES string of the molecule is O=C(COc1ccc(Cl)cc1Br)NCC1(O)CCCCC1. The number of hydrogen-bond donors (Lipinski definition) is 2. The maximum absolute atomic E-state index is 11.8. The van der Waals surface area contributed by atoms with Gasteiger partial charge in [-0.2, -0.15) is 0 Å². The van der Waals surface area contributed by atoms with Gasteiger partial charge >= 0.3 is 0 Å². The van der Waals surface area contributed by atoms with Crippen LogP contribution in [-0.2, 0) is 4.79 Å². The highest BCUT2D eigenvalue weighted by molar-refractivity contribution is 9.10. The summed E-state index contributed by atoms with van der Waals surface area (Å²) in [5.74, 6) is 0.321. The van der Waals surface area contributed by atoms with Gasteiger partial charge in [-0.1, -0.05) is 30.9 Å². The second-order valence-electron chi connectivity index (χ2n) is 5.43. The zero-order chi connectivity index (χ0) is 15.3. The highest BCUT2D eigenvalue weighted by Crippen LogP contribution is 2.28. The zero-order valence-electron chi connectivity index (χ0n) is 11.7. The second-order valence-corrected chi connectivity index (χ2v) is 6.72. The van der Waals surface area contributed by atoms with Gasteiger partial charge in [-0.3, -0.25) is 4.79 Å². The van der Waals surface area contributed by atoms with Crippen molar-refractivity contribution in [3.05, 3.63) is 27.7 Å².